The van der Waals surface area contributed by atoms with Crippen LogP contribution in [-0.2, 0) is 6.42 Å². The van der Waals surface area contributed by atoms with Crippen molar-refractivity contribution in [1.29, 1.82) is 0 Å². The third-order valence-corrected chi connectivity index (χ3v) is 2.71. The maximum atomic E-state index is 5.15. The van der Waals surface area contributed by atoms with Crippen molar-refractivity contribution < 1.29 is 4.52 Å². The number of nitrogens with zero attached hydrogens (tertiary/aromatic N) is 2. The average molecular weight is 245 g/mol. The standard InChI is InChI=1S/C14H19N3O/c1-4-11-5-7-12(8-6-11)13-16-14(18-17-13)15-9-10(2)3/h5-8,10H,4,9H2,1-3H3,(H,15,16,17). The van der Waals surface area contributed by atoms with E-state index in [1.807, 2.05) is 12.1 Å². The molecule has 4 nitrogen and oxygen atoms in total. The molecule has 96 valence electrons. The fourth-order valence-electron chi connectivity index (χ4n) is 1.59. The summed E-state index contributed by atoms with van der Waals surface area (Å²) in [7, 11) is 0. The summed E-state index contributed by atoms with van der Waals surface area (Å²) in [6, 6.07) is 8.71. The summed E-state index contributed by atoms with van der Waals surface area (Å²) >= 11 is 0. The molecule has 0 radical (unpaired) electrons. The molecule has 1 aromatic heterocycles. The second kappa shape index (κ2) is 5.67. The number of hydrogen-bond donors (Lipinski definition) is 1. The second-order valence-electron chi connectivity index (χ2n) is 4.75. The van der Waals surface area contributed by atoms with E-state index in [-0.39, 0.29) is 0 Å². The quantitative estimate of drug-likeness (QED) is 0.877. The highest BCUT2D eigenvalue weighted by Crippen LogP contribution is 2.18. The topological polar surface area (TPSA) is 51.0 Å². The van der Waals surface area contributed by atoms with Gasteiger partial charge in [0.05, 0.1) is 0 Å². The van der Waals surface area contributed by atoms with Crippen LogP contribution in [-0.4, -0.2) is 16.7 Å². The highest BCUT2D eigenvalue weighted by Gasteiger charge is 2.08. The van der Waals surface area contributed by atoms with E-state index in [4.69, 9.17) is 4.52 Å². The molecule has 0 fully saturated rings. The Balaban J connectivity index is 2.08. The van der Waals surface area contributed by atoms with Crippen LogP contribution < -0.4 is 5.32 Å². The fourth-order valence-corrected chi connectivity index (χ4v) is 1.59. The highest BCUT2D eigenvalue weighted by molar-refractivity contribution is 5.55. The minimum Gasteiger partial charge on any atom is -0.337 e. The largest absolute Gasteiger partial charge is 0.337 e. The van der Waals surface area contributed by atoms with Crippen molar-refractivity contribution >= 4 is 6.01 Å². The second-order valence-corrected chi connectivity index (χ2v) is 4.75. The lowest BCUT2D eigenvalue weighted by Gasteiger charge is -2.02. The van der Waals surface area contributed by atoms with Crippen LogP contribution in [0, 0.1) is 5.92 Å². The van der Waals surface area contributed by atoms with Gasteiger partial charge in [-0.05, 0) is 17.9 Å². The van der Waals surface area contributed by atoms with Crippen LogP contribution >= 0.6 is 0 Å². The van der Waals surface area contributed by atoms with Gasteiger partial charge in [0.15, 0.2) is 0 Å². The number of aryl methyl sites for hydroxylation is 1. The molecular weight excluding hydrogens is 226 g/mol. The Morgan fingerprint density at radius 1 is 1.22 bits per heavy atom. The van der Waals surface area contributed by atoms with Gasteiger partial charge < -0.3 is 9.84 Å². The SMILES string of the molecule is CCc1ccc(-c2noc(NCC(C)C)n2)cc1. The molecule has 18 heavy (non-hydrogen) atoms. The Morgan fingerprint density at radius 3 is 2.56 bits per heavy atom. The van der Waals surface area contributed by atoms with Crippen molar-refractivity contribution in [3.05, 3.63) is 29.8 Å². The molecule has 0 aliphatic rings. The summed E-state index contributed by atoms with van der Waals surface area (Å²) in [5, 5.41) is 7.09. The van der Waals surface area contributed by atoms with Crippen LogP contribution in [0.4, 0.5) is 6.01 Å². The van der Waals surface area contributed by atoms with Gasteiger partial charge in [-0.2, -0.15) is 4.98 Å². The van der Waals surface area contributed by atoms with E-state index >= 15 is 0 Å². The van der Waals surface area contributed by atoms with Gasteiger partial charge in [-0.3, -0.25) is 0 Å². The maximum absolute atomic E-state index is 5.15. The summed E-state index contributed by atoms with van der Waals surface area (Å²) in [6.07, 6.45) is 1.04. The monoisotopic (exact) mass is 245 g/mol. The number of benzene rings is 1. The van der Waals surface area contributed by atoms with Gasteiger partial charge >= 0.3 is 6.01 Å². The van der Waals surface area contributed by atoms with Crippen LogP contribution in [0.5, 0.6) is 0 Å². The zero-order chi connectivity index (χ0) is 13.0. The fraction of sp³-hybridized carbons (Fsp3) is 0.429. The van der Waals surface area contributed by atoms with Crippen LogP contribution in [0.15, 0.2) is 28.8 Å². The molecule has 0 aliphatic carbocycles. The molecule has 1 N–H and O–H groups in total. The van der Waals surface area contributed by atoms with Crippen molar-refractivity contribution in [2.24, 2.45) is 5.92 Å². The lowest BCUT2D eigenvalue weighted by Crippen LogP contribution is -2.07. The zero-order valence-electron chi connectivity index (χ0n) is 11.1. The summed E-state index contributed by atoms with van der Waals surface area (Å²) in [5.74, 6) is 1.17. The van der Waals surface area contributed by atoms with Crippen molar-refractivity contribution in [3.8, 4) is 11.4 Å². The molecule has 0 bridgehead atoms. The first-order chi connectivity index (χ1) is 8.69. The van der Waals surface area contributed by atoms with E-state index < -0.39 is 0 Å². The first kappa shape index (κ1) is 12.6. The zero-order valence-corrected chi connectivity index (χ0v) is 11.1. The normalized spacial score (nSPS) is 10.9. The van der Waals surface area contributed by atoms with Crippen LogP contribution in [0.2, 0.25) is 0 Å². The van der Waals surface area contributed by atoms with Crippen LogP contribution in [0.25, 0.3) is 11.4 Å². The summed E-state index contributed by atoms with van der Waals surface area (Å²) in [5.41, 5.74) is 2.29. The smallest absolute Gasteiger partial charge is 0.321 e. The number of hydrogen-bond acceptors (Lipinski definition) is 4. The van der Waals surface area contributed by atoms with Crippen molar-refractivity contribution in [2.45, 2.75) is 27.2 Å². The lowest BCUT2D eigenvalue weighted by molar-refractivity contribution is 0.429. The van der Waals surface area contributed by atoms with E-state index in [0.717, 1.165) is 18.5 Å². The minimum absolute atomic E-state index is 0.485. The van der Waals surface area contributed by atoms with E-state index in [1.54, 1.807) is 0 Å². The molecule has 2 aromatic rings. The van der Waals surface area contributed by atoms with E-state index in [1.165, 1.54) is 5.56 Å². The lowest BCUT2D eigenvalue weighted by atomic mass is 10.1. The number of aromatic nitrogens is 2. The first-order valence-corrected chi connectivity index (χ1v) is 6.36. The predicted octanol–water partition coefficient (Wildman–Crippen LogP) is 3.37. The van der Waals surface area contributed by atoms with Gasteiger partial charge in [0, 0.05) is 12.1 Å². The molecule has 0 atom stereocenters. The molecule has 0 saturated carbocycles. The summed E-state index contributed by atoms with van der Waals surface area (Å²) in [4.78, 5) is 4.32. The molecule has 0 spiro atoms. The molecule has 0 saturated heterocycles. The first-order valence-electron chi connectivity index (χ1n) is 6.36. The van der Waals surface area contributed by atoms with Crippen LogP contribution in [0.1, 0.15) is 26.3 Å². The molecule has 1 heterocycles. The highest BCUT2D eigenvalue weighted by atomic mass is 16.5. The number of anilines is 1. The van der Waals surface area contributed by atoms with E-state index in [0.29, 0.717) is 17.8 Å². The Bertz CT molecular complexity index is 488. The Hall–Kier alpha value is -1.84. The summed E-state index contributed by atoms with van der Waals surface area (Å²) < 4.78 is 5.15. The van der Waals surface area contributed by atoms with Gasteiger partial charge in [-0.15, -0.1) is 0 Å². The van der Waals surface area contributed by atoms with Crippen molar-refractivity contribution in [1.82, 2.24) is 10.1 Å². The van der Waals surface area contributed by atoms with Gasteiger partial charge in [-0.1, -0.05) is 50.2 Å². The number of rotatable bonds is 5. The molecule has 0 unspecified atom stereocenters. The average Bonchev–Trinajstić information content (AvgIpc) is 2.85. The van der Waals surface area contributed by atoms with Crippen LogP contribution in [0.3, 0.4) is 0 Å². The van der Waals surface area contributed by atoms with Crippen molar-refractivity contribution in [3.63, 3.8) is 0 Å². The predicted molar refractivity (Wildman–Crippen MR) is 72.4 cm³/mol. The molecular formula is C14H19N3O. The Labute approximate surface area is 107 Å². The van der Waals surface area contributed by atoms with Crippen molar-refractivity contribution in [2.75, 3.05) is 11.9 Å². The molecule has 0 amide bonds. The third kappa shape index (κ3) is 3.09. The van der Waals surface area contributed by atoms with Gasteiger partial charge in [0.1, 0.15) is 0 Å². The third-order valence-electron chi connectivity index (χ3n) is 2.71. The van der Waals surface area contributed by atoms with Gasteiger partial charge in [0.2, 0.25) is 5.82 Å². The Kier molecular flexibility index (Phi) is 3.97. The Morgan fingerprint density at radius 2 is 1.94 bits per heavy atom. The van der Waals surface area contributed by atoms with E-state index in [9.17, 15) is 0 Å². The molecule has 0 aliphatic heterocycles. The van der Waals surface area contributed by atoms with E-state index in [2.05, 4.69) is 48.4 Å². The van der Waals surface area contributed by atoms with Gasteiger partial charge in [-0.25, -0.2) is 0 Å². The molecule has 1 aromatic carbocycles. The maximum Gasteiger partial charge on any atom is 0.321 e. The van der Waals surface area contributed by atoms with Gasteiger partial charge in [0.25, 0.3) is 0 Å². The molecule has 4 heteroatoms. The minimum atomic E-state index is 0.485. The number of nitrogens with one attached hydrogen (secondary N) is 1. The summed E-state index contributed by atoms with van der Waals surface area (Å²) in [6.45, 7) is 7.23. The molecule has 2 rings (SSSR count).